The van der Waals surface area contributed by atoms with Gasteiger partial charge in [0.2, 0.25) is 0 Å². The van der Waals surface area contributed by atoms with Crippen LogP contribution in [0.4, 0.5) is 13.2 Å². The minimum atomic E-state index is -4.02. The van der Waals surface area contributed by atoms with Gasteiger partial charge >= 0.3 is 6.18 Å². The molecule has 2 unspecified atom stereocenters. The summed E-state index contributed by atoms with van der Waals surface area (Å²) in [5.74, 6) is -0.823. The van der Waals surface area contributed by atoms with Gasteiger partial charge in [0.15, 0.2) is 0 Å². The zero-order chi connectivity index (χ0) is 14.6. The van der Waals surface area contributed by atoms with Gasteiger partial charge in [-0.05, 0) is 63.7 Å². The second kappa shape index (κ2) is 7.12. The molecule has 2 N–H and O–H groups in total. The van der Waals surface area contributed by atoms with Crippen LogP contribution >= 0.6 is 0 Å². The summed E-state index contributed by atoms with van der Waals surface area (Å²) in [6.07, 6.45) is 3.44. The first-order chi connectivity index (χ1) is 9.47. The number of hydrogen-bond donors (Lipinski definition) is 1. The smallest absolute Gasteiger partial charge is 0.378 e. The van der Waals surface area contributed by atoms with Crippen molar-refractivity contribution in [2.75, 3.05) is 6.61 Å². The van der Waals surface area contributed by atoms with Gasteiger partial charge in [0.05, 0.1) is 12.0 Å². The maximum Gasteiger partial charge on any atom is 0.391 e. The minimum Gasteiger partial charge on any atom is -0.378 e. The topological polar surface area (TPSA) is 35.2 Å². The third kappa shape index (κ3) is 4.62. The SMILES string of the molecule is NC(CCCC1CCCO1)C1CCC(C(F)(F)F)CC1. The van der Waals surface area contributed by atoms with Crippen LogP contribution in [0, 0.1) is 11.8 Å². The Morgan fingerprint density at radius 1 is 1.10 bits per heavy atom. The molecular formula is C15H26F3NO. The van der Waals surface area contributed by atoms with Crippen LogP contribution < -0.4 is 5.73 Å². The molecule has 0 aromatic heterocycles. The third-order valence-electron chi connectivity index (χ3n) is 4.93. The number of hydrogen-bond acceptors (Lipinski definition) is 2. The molecule has 2 rings (SSSR count). The van der Waals surface area contributed by atoms with Crippen LogP contribution in [0.15, 0.2) is 0 Å². The highest BCUT2D eigenvalue weighted by Crippen LogP contribution is 2.40. The Morgan fingerprint density at radius 2 is 1.80 bits per heavy atom. The molecule has 1 heterocycles. The molecule has 5 heteroatoms. The van der Waals surface area contributed by atoms with E-state index in [9.17, 15) is 13.2 Å². The Labute approximate surface area is 119 Å². The monoisotopic (exact) mass is 293 g/mol. The highest BCUT2D eigenvalue weighted by molar-refractivity contribution is 4.82. The fourth-order valence-electron chi connectivity index (χ4n) is 3.56. The number of nitrogens with two attached hydrogens (primary N) is 1. The standard InChI is InChI=1S/C15H26F3NO/c16-15(17,18)12-8-6-11(7-9-12)14(19)5-1-3-13-4-2-10-20-13/h11-14H,1-10,19H2. The number of halogens is 3. The molecule has 0 aromatic carbocycles. The summed E-state index contributed by atoms with van der Waals surface area (Å²) in [4.78, 5) is 0. The Bertz CT molecular complexity index is 281. The lowest BCUT2D eigenvalue weighted by molar-refractivity contribution is -0.184. The quantitative estimate of drug-likeness (QED) is 0.830. The van der Waals surface area contributed by atoms with Crippen molar-refractivity contribution in [2.45, 2.75) is 76.1 Å². The molecule has 0 amide bonds. The van der Waals surface area contributed by atoms with Gasteiger partial charge in [0, 0.05) is 12.6 Å². The minimum absolute atomic E-state index is 0.0607. The Kier molecular flexibility index (Phi) is 5.73. The Morgan fingerprint density at radius 3 is 2.35 bits per heavy atom. The Balaban J connectivity index is 1.62. The zero-order valence-electron chi connectivity index (χ0n) is 12.0. The largest absolute Gasteiger partial charge is 0.391 e. The zero-order valence-corrected chi connectivity index (χ0v) is 12.0. The molecule has 20 heavy (non-hydrogen) atoms. The maximum atomic E-state index is 12.6. The molecule has 1 aliphatic carbocycles. The van der Waals surface area contributed by atoms with Crippen LogP contribution in [0.3, 0.4) is 0 Å². The highest BCUT2D eigenvalue weighted by Gasteiger charge is 2.42. The highest BCUT2D eigenvalue weighted by atomic mass is 19.4. The van der Waals surface area contributed by atoms with E-state index in [1.165, 1.54) is 0 Å². The van der Waals surface area contributed by atoms with Crippen molar-refractivity contribution >= 4 is 0 Å². The number of alkyl halides is 3. The normalized spacial score (nSPS) is 33.3. The second-order valence-corrected chi connectivity index (χ2v) is 6.38. The molecule has 2 aliphatic rings. The fourth-order valence-corrected chi connectivity index (χ4v) is 3.56. The van der Waals surface area contributed by atoms with E-state index in [0.29, 0.717) is 18.9 Å². The van der Waals surface area contributed by atoms with Crippen molar-refractivity contribution in [1.29, 1.82) is 0 Å². The average Bonchev–Trinajstić information content (AvgIpc) is 2.91. The number of ether oxygens (including phenoxy) is 1. The molecule has 0 aromatic rings. The van der Waals surface area contributed by atoms with Crippen LogP contribution in [-0.2, 0) is 4.74 Å². The van der Waals surface area contributed by atoms with Gasteiger partial charge in [-0.15, -0.1) is 0 Å². The van der Waals surface area contributed by atoms with Gasteiger partial charge in [-0.3, -0.25) is 0 Å². The van der Waals surface area contributed by atoms with E-state index in [1.807, 2.05) is 0 Å². The van der Waals surface area contributed by atoms with Crippen LogP contribution in [0.5, 0.6) is 0 Å². The average molecular weight is 293 g/mol. The molecule has 0 spiro atoms. The van der Waals surface area contributed by atoms with Crippen molar-refractivity contribution in [1.82, 2.24) is 0 Å². The van der Waals surface area contributed by atoms with Gasteiger partial charge in [0.1, 0.15) is 0 Å². The first-order valence-corrected chi connectivity index (χ1v) is 7.90. The van der Waals surface area contributed by atoms with Crippen LogP contribution in [0.25, 0.3) is 0 Å². The molecule has 118 valence electrons. The van der Waals surface area contributed by atoms with Crippen LogP contribution in [0.2, 0.25) is 0 Å². The summed E-state index contributed by atoms with van der Waals surface area (Å²) in [6, 6.07) is 0.0607. The summed E-state index contributed by atoms with van der Waals surface area (Å²) < 4.78 is 43.4. The van der Waals surface area contributed by atoms with Gasteiger partial charge < -0.3 is 10.5 Å². The van der Waals surface area contributed by atoms with Crippen molar-refractivity contribution in [3.63, 3.8) is 0 Å². The summed E-state index contributed by atoms with van der Waals surface area (Å²) in [7, 11) is 0. The van der Waals surface area contributed by atoms with E-state index in [-0.39, 0.29) is 24.8 Å². The molecule has 0 radical (unpaired) electrons. The third-order valence-corrected chi connectivity index (χ3v) is 4.93. The molecule has 1 aliphatic heterocycles. The first kappa shape index (κ1) is 16.1. The lowest BCUT2D eigenvalue weighted by Gasteiger charge is -2.33. The molecule has 2 fully saturated rings. The van der Waals surface area contributed by atoms with E-state index >= 15 is 0 Å². The summed E-state index contributed by atoms with van der Waals surface area (Å²) >= 11 is 0. The summed E-state index contributed by atoms with van der Waals surface area (Å²) in [5.41, 5.74) is 6.17. The summed E-state index contributed by atoms with van der Waals surface area (Å²) in [6.45, 7) is 0.873. The predicted molar refractivity (Wildman–Crippen MR) is 72.3 cm³/mol. The molecule has 1 saturated heterocycles. The van der Waals surface area contributed by atoms with E-state index in [2.05, 4.69) is 0 Å². The lowest BCUT2D eigenvalue weighted by atomic mass is 9.77. The molecule has 1 saturated carbocycles. The summed E-state index contributed by atoms with van der Waals surface area (Å²) in [5, 5.41) is 0. The molecular weight excluding hydrogens is 267 g/mol. The van der Waals surface area contributed by atoms with E-state index < -0.39 is 12.1 Å². The molecule has 0 bridgehead atoms. The van der Waals surface area contributed by atoms with Gasteiger partial charge in [-0.1, -0.05) is 0 Å². The molecule has 2 atom stereocenters. The van der Waals surface area contributed by atoms with Crippen LogP contribution in [0.1, 0.15) is 57.8 Å². The Hall–Kier alpha value is -0.290. The van der Waals surface area contributed by atoms with Crippen molar-refractivity contribution < 1.29 is 17.9 Å². The van der Waals surface area contributed by atoms with Gasteiger partial charge in [-0.2, -0.15) is 13.2 Å². The van der Waals surface area contributed by atoms with Crippen molar-refractivity contribution in [2.24, 2.45) is 17.6 Å². The second-order valence-electron chi connectivity index (χ2n) is 6.38. The van der Waals surface area contributed by atoms with Crippen molar-refractivity contribution in [3.05, 3.63) is 0 Å². The number of rotatable bonds is 5. The predicted octanol–water partition coefficient (Wildman–Crippen LogP) is 4.03. The van der Waals surface area contributed by atoms with E-state index in [4.69, 9.17) is 10.5 Å². The maximum absolute atomic E-state index is 12.6. The lowest BCUT2D eigenvalue weighted by Crippen LogP contribution is -2.36. The fraction of sp³-hybridized carbons (Fsp3) is 1.00. The van der Waals surface area contributed by atoms with E-state index in [1.54, 1.807) is 0 Å². The van der Waals surface area contributed by atoms with E-state index in [0.717, 1.165) is 38.7 Å². The van der Waals surface area contributed by atoms with Gasteiger partial charge in [0.25, 0.3) is 0 Å². The van der Waals surface area contributed by atoms with Crippen LogP contribution in [-0.4, -0.2) is 24.9 Å². The molecule has 2 nitrogen and oxygen atoms in total. The first-order valence-electron chi connectivity index (χ1n) is 7.90. The van der Waals surface area contributed by atoms with Gasteiger partial charge in [-0.25, -0.2) is 0 Å². The van der Waals surface area contributed by atoms with Crippen molar-refractivity contribution in [3.8, 4) is 0 Å².